The Labute approximate surface area is 446 Å². The van der Waals surface area contributed by atoms with Crippen LogP contribution >= 0.6 is 7.82 Å². The fourth-order valence-corrected chi connectivity index (χ4v) is 9.45. The molecule has 0 spiro atoms. The Morgan fingerprint density at radius 2 is 0.847 bits per heavy atom. The van der Waals surface area contributed by atoms with Gasteiger partial charge in [-0.15, -0.1) is 0 Å². The van der Waals surface area contributed by atoms with Crippen molar-refractivity contribution in [3.05, 3.63) is 48.6 Å². The van der Waals surface area contributed by atoms with E-state index in [4.69, 9.17) is 13.8 Å². The van der Waals surface area contributed by atoms with Crippen LogP contribution in [0.2, 0.25) is 0 Å². The number of hydrogen-bond donors (Lipinski definition) is 1. The number of ether oxygens (including phenoxy) is 1. The van der Waals surface area contributed by atoms with Crippen LogP contribution in [0.25, 0.3) is 0 Å². The van der Waals surface area contributed by atoms with Gasteiger partial charge in [0.05, 0.1) is 33.8 Å². The van der Waals surface area contributed by atoms with E-state index >= 15 is 0 Å². The number of amides is 1. The Kier molecular flexibility index (Phi) is 50.9. The number of carbonyl (C=O) groups excluding carboxylic acids is 2. The summed E-state index contributed by atoms with van der Waals surface area (Å²) in [5.74, 6) is -0.553. The monoisotopic (exact) mass is 1030 g/mol. The van der Waals surface area contributed by atoms with Crippen LogP contribution in [0.1, 0.15) is 284 Å². The maximum atomic E-state index is 13.5. The van der Waals surface area contributed by atoms with Crippen LogP contribution in [0.4, 0.5) is 0 Å². The second-order valence-corrected chi connectivity index (χ2v) is 23.3. The highest BCUT2D eigenvalue weighted by molar-refractivity contribution is 7.45. The van der Waals surface area contributed by atoms with E-state index in [0.29, 0.717) is 17.4 Å². The Bertz CT molecular complexity index is 1380. The normalized spacial score (nSPS) is 14.0. The van der Waals surface area contributed by atoms with Gasteiger partial charge in [0.25, 0.3) is 7.82 Å². The molecule has 0 aromatic carbocycles. The molecule has 0 aliphatic heterocycles. The molecule has 3 atom stereocenters. The number of nitrogens with one attached hydrogen (secondary N) is 1. The summed E-state index contributed by atoms with van der Waals surface area (Å²) in [6.45, 7) is 6.82. The largest absolute Gasteiger partial charge is 0.756 e. The molecular weight excluding hydrogens is 916 g/mol. The van der Waals surface area contributed by atoms with Gasteiger partial charge in [-0.3, -0.25) is 14.2 Å². The van der Waals surface area contributed by atoms with Gasteiger partial charge in [0, 0.05) is 12.8 Å². The lowest BCUT2D eigenvalue weighted by atomic mass is 10.0. The summed E-state index contributed by atoms with van der Waals surface area (Å²) in [5, 5.41) is 3.02. The fraction of sp³-hybridized carbons (Fsp3) is 0.839. The molecule has 0 aliphatic rings. The predicted molar refractivity (Wildman–Crippen MR) is 307 cm³/mol. The topological polar surface area (TPSA) is 114 Å². The zero-order chi connectivity index (χ0) is 52.9. The molecule has 3 unspecified atom stereocenters. The first-order valence-corrected chi connectivity index (χ1v) is 31.9. The molecule has 0 aliphatic carbocycles. The highest BCUT2D eigenvalue weighted by atomic mass is 31.2. The van der Waals surface area contributed by atoms with Crippen LogP contribution in [0, 0.1) is 0 Å². The second kappa shape index (κ2) is 52.4. The molecule has 0 heterocycles. The number of phosphoric acid groups is 1. The summed E-state index contributed by atoms with van der Waals surface area (Å²) in [7, 11) is 1.18. The average molecular weight is 1030 g/mol. The molecule has 1 amide bonds. The fourth-order valence-electron chi connectivity index (χ4n) is 8.72. The minimum absolute atomic E-state index is 0.0250. The summed E-state index contributed by atoms with van der Waals surface area (Å²) < 4.78 is 30.3. The summed E-state index contributed by atoms with van der Waals surface area (Å²) in [5.41, 5.74) is 0. The summed E-state index contributed by atoms with van der Waals surface area (Å²) >= 11 is 0. The smallest absolute Gasteiger partial charge is 0.306 e. The maximum absolute atomic E-state index is 13.5. The molecule has 10 heteroatoms. The number of carbonyl (C=O) groups is 2. The van der Waals surface area contributed by atoms with Crippen LogP contribution < -0.4 is 10.2 Å². The second-order valence-electron chi connectivity index (χ2n) is 21.8. The van der Waals surface area contributed by atoms with Crippen LogP contribution in [-0.2, 0) is 27.9 Å². The van der Waals surface area contributed by atoms with Crippen molar-refractivity contribution in [1.82, 2.24) is 5.32 Å². The van der Waals surface area contributed by atoms with E-state index in [2.05, 4.69) is 62.5 Å². The highest BCUT2D eigenvalue weighted by Gasteiger charge is 2.27. The molecule has 0 radical (unpaired) electrons. The summed E-state index contributed by atoms with van der Waals surface area (Å²) in [6, 6.07) is -0.894. The molecule has 0 fully saturated rings. The number of allylic oxidation sites excluding steroid dienone is 7. The van der Waals surface area contributed by atoms with Gasteiger partial charge in [-0.05, 0) is 89.5 Å². The lowest BCUT2D eigenvalue weighted by Crippen LogP contribution is -2.47. The van der Waals surface area contributed by atoms with E-state index in [0.717, 1.165) is 96.3 Å². The van der Waals surface area contributed by atoms with Crippen LogP contribution in [0.15, 0.2) is 48.6 Å². The van der Waals surface area contributed by atoms with Crippen LogP contribution in [0.3, 0.4) is 0 Å². The van der Waals surface area contributed by atoms with Crippen molar-refractivity contribution < 1.29 is 37.3 Å². The van der Waals surface area contributed by atoms with E-state index in [1.807, 2.05) is 33.3 Å². The quantitative estimate of drug-likeness (QED) is 0.0212. The van der Waals surface area contributed by atoms with E-state index in [-0.39, 0.29) is 24.9 Å². The number of nitrogens with zero attached hydrogens (tertiary/aromatic N) is 1. The number of hydrogen-bond acceptors (Lipinski definition) is 7. The zero-order valence-corrected chi connectivity index (χ0v) is 49.0. The lowest BCUT2D eigenvalue weighted by molar-refractivity contribution is -0.870. The standard InChI is InChI=1S/C62H117N2O7P/c1-7-10-13-16-19-22-25-28-30-32-34-37-40-43-46-49-52-55-62(66)71-60(53-50-47-44-41-38-35-27-24-21-18-15-12-9-3)59(58-70-72(67,68)69-57-56-64(4,5)6)63-61(65)54-51-48-45-42-39-36-33-31-29-26-23-20-17-14-11-8-2/h19,22,28,30-31,33,50,53,59-60H,7-18,20-21,23-27,29,32,34-49,51-52,54-58H2,1-6H3,(H-,63,65,67,68)/b22-19-,30-28-,33-31+,53-50+. The van der Waals surface area contributed by atoms with Crippen molar-refractivity contribution in [3.8, 4) is 0 Å². The van der Waals surface area contributed by atoms with E-state index in [1.165, 1.54) is 154 Å². The molecule has 9 nitrogen and oxygen atoms in total. The molecular formula is C62H117N2O7P. The summed E-state index contributed by atoms with van der Waals surface area (Å²) in [6.07, 6.45) is 63.5. The number of rotatable bonds is 55. The first-order chi connectivity index (χ1) is 34.9. The molecule has 422 valence electrons. The SMILES string of the molecule is CCCCC/C=C\C/C=C\CCCCCCCCCC(=O)OC(/C=C/CCCCCCCCCCCCC)C(COP(=O)([O-])OCC[N+](C)(C)C)NC(=O)CCCCCCC/C=C/CCCCCCCCC. The van der Waals surface area contributed by atoms with Crippen LogP contribution in [0.5, 0.6) is 0 Å². The first kappa shape index (κ1) is 70.0. The van der Waals surface area contributed by atoms with Crippen molar-refractivity contribution in [2.75, 3.05) is 40.9 Å². The van der Waals surface area contributed by atoms with Crippen LogP contribution in [-0.4, -0.2) is 69.4 Å². The van der Waals surface area contributed by atoms with Crippen molar-refractivity contribution >= 4 is 19.7 Å². The molecule has 0 bridgehead atoms. The van der Waals surface area contributed by atoms with Gasteiger partial charge in [-0.2, -0.15) is 0 Å². The first-order valence-electron chi connectivity index (χ1n) is 30.4. The summed E-state index contributed by atoms with van der Waals surface area (Å²) in [4.78, 5) is 39.9. The Morgan fingerprint density at radius 3 is 1.29 bits per heavy atom. The predicted octanol–water partition coefficient (Wildman–Crippen LogP) is 17.9. The minimum Gasteiger partial charge on any atom is -0.756 e. The van der Waals surface area contributed by atoms with Gasteiger partial charge in [0.2, 0.25) is 5.91 Å². The Hall–Kier alpha value is -2.03. The lowest BCUT2D eigenvalue weighted by Gasteiger charge is -2.30. The molecule has 0 aromatic rings. The minimum atomic E-state index is -4.70. The van der Waals surface area contributed by atoms with Crippen molar-refractivity contribution in [2.45, 2.75) is 296 Å². The molecule has 0 saturated heterocycles. The third-order valence-electron chi connectivity index (χ3n) is 13.5. The Balaban J connectivity index is 5.34. The number of quaternary nitrogens is 1. The molecule has 0 aromatic heterocycles. The van der Waals surface area contributed by atoms with Gasteiger partial charge in [0.15, 0.2) is 0 Å². The maximum Gasteiger partial charge on any atom is 0.306 e. The van der Waals surface area contributed by atoms with E-state index in [9.17, 15) is 19.0 Å². The highest BCUT2D eigenvalue weighted by Crippen LogP contribution is 2.38. The van der Waals surface area contributed by atoms with Gasteiger partial charge in [0.1, 0.15) is 19.3 Å². The number of esters is 1. The van der Waals surface area contributed by atoms with Crippen molar-refractivity contribution in [2.24, 2.45) is 0 Å². The van der Waals surface area contributed by atoms with Crippen molar-refractivity contribution in [3.63, 3.8) is 0 Å². The number of unbranched alkanes of at least 4 members (excludes halogenated alkanes) is 33. The number of likely N-dealkylation sites (N-methyl/N-ethyl adjacent to an activating group) is 1. The number of phosphoric ester groups is 1. The average Bonchev–Trinajstić information content (AvgIpc) is 3.34. The van der Waals surface area contributed by atoms with Gasteiger partial charge >= 0.3 is 5.97 Å². The van der Waals surface area contributed by atoms with Gasteiger partial charge in [-0.25, -0.2) is 0 Å². The van der Waals surface area contributed by atoms with E-state index in [1.54, 1.807) is 0 Å². The molecule has 0 saturated carbocycles. The molecule has 0 rings (SSSR count). The van der Waals surface area contributed by atoms with Gasteiger partial charge < -0.3 is 28.5 Å². The molecule has 1 N–H and O–H groups in total. The Morgan fingerprint density at radius 1 is 0.486 bits per heavy atom. The third-order valence-corrected chi connectivity index (χ3v) is 14.4. The van der Waals surface area contributed by atoms with E-state index < -0.39 is 26.6 Å². The van der Waals surface area contributed by atoms with Crippen molar-refractivity contribution in [1.29, 1.82) is 0 Å². The zero-order valence-electron chi connectivity index (χ0n) is 48.1. The molecule has 72 heavy (non-hydrogen) atoms. The van der Waals surface area contributed by atoms with Gasteiger partial charge in [-0.1, -0.05) is 230 Å². The third kappa shape index (κ3) is 52.8.